The summed E-state index contributed by atoms with van der Waals surface area (Å²) in [5.41, 5.74) is 0. The Bertz CT molecular complexity index is 368. The lowest BCUT2D eigenvalue weighted by Crippen LogP contribution is -2.23. The van der Waals surface area contributed by atoms with E-state index in [0.717, 1.165) is 31.2 Å². The second-order valence-electron chi connectivity index (χ2n) is 6.29. The Kier molecular flexibility index (Phi) is 6.51. The van der Waals surface area contributed by atoms with Crippen molar-refractivity contribution in [2.75, 3.05) is 6.54 Å². The van der Waals surface area contributed by atoms with E-state index in [9.17, 15) is 0 Å². The van der Waals surface area contributed by atoms with E-state index < -0.39 is 0 Å². The summed E-state index contributed by atoms with van der Waals surface area (Å²) in [7, 11) is 0. The predicted molar refractivity (Wildman–Crippen MR) is 80.8 cm³/mol. The van der Waals surface area contributed by atoms with Gasteiger partial charge in [-0.05, 0) is 25.8 Å². The first-order valence-electron chi connectivity index (χ1n) is 8.31. The highest BCUT2D eigenvalue weighted by Crippen LogP contribution is 2.30. The summed E-state index contributed by atoms with van der Waals surface area (Å²) in [4.78, 5) is 0. The van der Waals surface area contributed by atoms with E-state index in [4.69, 9.17) is 4.42 Å². The van der Waals surface area contributed by atoms with Crippen molar-refractivity contribution >= 4 is 0 Å². The molecule has 20 heavy (non-hydrogen) atoms. The van der Waals surface area contributed by atoms with Crippen LogP contribution < -0.4 is 5.32 Å². The second-order valence-corrected chi connectivity index (χ2v) is 6.29. The standard InChI is InChI=1S/C16H29N3O/c1-13(2)17-12-8-11-15-18-19-16(20-15)14-9-6-4-3-5-7-10-14/h13-14,17H,3-12H2,1-2H3. The van der Waals surface area contributed by atoms with Crippen LogP contribution in [0.15, 0.2) is 4.42 Å². The summed E-state index contributed by atoms with van der Waals surface area (Å²) in [6.07, 6.45) is 11.1. The van der Waals surface area contributed by atoms with Crippen LogP contribution in [0.5, 0.6) is 0 Å². The van der Waals surface area contributed by atoms with Gasteiger partial charge in [0.05, 0.1) is 0 Å². The summed E-state index contributed by atoms with van der Waals surface area (Å²) in [5, 5.41) is 11.9. The van der Waals surface area contributed by atoms with Crippen LogP contribution in [0.2, 0.25) is 0 Å². The smallest absolute Gasteiger partial charge is 0.219 e. The molecule has 0 atom stereocenters. The molecule has 0 bridgehead atoms. The number of aromatic nitrogens is 2. The molecule has 2 rings (SSSR count). The molecular formula is C16H29N3O. The molecule has 1 aliphatic rings. The second kappa shape index (κ2) is 8.40. The van der Waals surface area contributed by atoms with Crippen LogP contribution in [-0.4, -0.2) is 22.8 Å². The molecule has 1 aliphatic carbocycles. The molecule has 0 radical (unpaired) electrons. The molecule has 0 unspecified atom stereocenters. The first-order valence-corrected chi connectivity index (χ1v) is 8.31. The SMILES string of the molecule is CC(C)NCCCc1nnc(C2CCCCCCC2)o1. The van der Waals surface area contributed by atoms with E-state index in [-0.39, 0.29) is 0 Å². The van der Waals surface area contributed by atoms with Gasteiger partial charge in [-0.1, -0.05) is 46.0 Å². The minimum absolute atomic E-state index is 0.505. The van der Waals surface area contributed by atoms with Crippen molar-refractivity contribution in [3.8, 4) is 0 Å². The Morgan fingerprint density at radius 3 is 2.50 bits per heavy atom. The Balaban J connectivity index is 1.78. The lowest BCUT2D eigenvalue weighted by atomic mass is 9.91. The maximum absolute atomic E-state index is 5.88. The molecule has 0 saturated heterocycles. The first-order chi connectivity index (χ1) is 9.75. The van der Waals surface area contributed by atoms with Gasteiger partial charge in [0.2, 0.25) is 11.8 Å². The van der Waals surface area contributed by atoms with Crippen molar-refractivity contribution in [3.63, 3.8) is 0 Å². The molecule has 0 amide bonds. The van der Waals surface area contributed by atoms with Crippen molar-refractivity contribution in [2.24, 2.45) is 0 Å². The van der Waals surface area contributed by atoms with Crippen LogP contribution in [0, 0.1) is 0 Å². The van der Waals surface area contributed by atoms with Crippen molar-refractivity contribution in [2.45, 2.75) is 83.6 Å². The molecule has 114 valence electrons. The van der Waals surface area contributed by atoms with Gasteiger partial charge in [-0.3, -0.25) is 0 Å². The van der Waals surface area contributed by atoms with Crippen LogP contribution >= 0.6 is 0 Å². The number of aryl methyl sites for hydroxylation is 1. The van der Waals surface area contributed by atoms with Gasteiger partial charge in [0.25, 0.3) is 0 Å². The van der Waals surface area contributed by atoms with Crippen LogP contribution in [-0.2, 0) is 6.42 Å². The summed E-state index contributed by atoms with van der Waals surface area (Å²) >= 11 is 0. The molecular weight excluding hydrogens is 250 g/mol. The monoisotopic (exact) mass is 279 g/mol. The van der Waals surface area contributed by atoms with Gasteiger partial charge in [-0.15, -0.1) is 10.2 Å². The fourth-order valence-electron chi connectivity index (χ4n) is 2.87. The van der Waals surface area contributed by atoms with Gasteiger partial charge in [0, 0.05) is 18.4 Å². The Morgan fingerprint density at radius 2 is 1.80 bits per heavy atom. The normalized spacial score (nSPS) is 18.1. The minimum atomic E-state index is 0.505. The Morgan fingerprint density at radius 1 is 1.10 bits per heavy atom. The van der Waals surface area contributed by atoms with E-state index >= 15 is 0 Å². The molecule has 1 saturated carbocycles. The highest BCUT2D eigenvalue weighted by atomic mass is 16.4. The van der Waals surface area contributed by atoms with Crippen LogP contribution in [0.4, 0.5) is 0 Å². The average Bonchev–Trinajstić information content (AvgIpc) is 2.83. The summed E-state index contributed by atoms with van der Waals surface area (Å²) in [5.74, 6) is 2.21. The van der Waals surface area contributed by atoms with Gasteiger partial charge in [0.15, 0.2) is 0 Å². The van der Waals surface area contributed by atoms with Gasteiger partial charge in [-0.2, -0.15) is 0 Å². The van der Waals surface area contributed by atoms with Crippen LogP contribution in [0.25, 0.3) is 0 Å². The summed E-state index contributed by atoms with van der Waals surface area (Å²) < 4.78 is 5.88. The number of rotatable bonds is 6. The largest absolute Gasteiger partial charge is 0.425 e. The Hall–Kier alpha value is -0.900. The Labute approximate surface area is 122 Å². The van der Waals surface area contributed by atoms with E-state index in [2.05, 4.69) is 29.4 Å². The van der Waals surface area contributed by atoms with Crippen molar-refractivity contribution in [1.29, 1.82) is 0 Å². The first kappa shape index (κ1) is 15.5. The third-order valence-electron chi connectivity index (χ3n) is 4.06. The molecule has 4 nitrogen and oxygen atoms in total. The molecule has 1 N–H and O–H groups in total. The zero-order valence-electron chi connectivity index (χ0n) is 13.0. The average molecular weight is 279 g/mol. The molecule has 1 heterocycles. The molecule has 4 heteroatoms. The molecule has 0 spiro atoms. The van der Waals surface area contributed by atoms with Gasteiger partial charge in [0.1, 0.15) is 0 Å². The number of hydrogen-bond donors (Lipinski definition) is 1. The van der Waals surface area contributed by atoms with Crippen LogP contribution in [0.3, 0.4) is 0 Å². The number of nitrogens with one attached hydrogen (secondary N) is 1. The molecule has 0 aliphatic heterocycles. The van der Waals surface area contributed by atoms with E-state index in [1.54, 1.807) is 0 Å². The maximum Gasteiger partial charge on any atom is 0.219 e. The summed E-state index contributed by atoms with van der Waals surface area (Å²) in [6, 6.07) is 0.545. The van der Waals surface area contributed by atoms with Crippen molar-refractivity contribution in [1.82, 2.24) is 15.5 Å². The van der Waals surface area contributed by atoms with Gasteiger partial charge < -0.3 is 9.73 Å². The minimum Gasteiger partial charge on any atom is -0.425 e. The van der Waals surface area contributed by atoms with E-state index in [1.165, 1.54) is 44.9 Å². The fraction of sp³-hybridized carbons (Fsp3) is 0.875. The van der Waals surface area contributed by atoms with E-state index in [1.807, 2.05) is 0 Å². The maximum atomic E-state index is 5.88. The zero-order chi connectivity index (χ0) is 14.2. The number of hydrogen-bond acceptors (Lipinski definition) is 4. The van der Waals surface area contributed by atoms with Crippen molar-refractivity contribution in [3.05, 3.63) is 11.8 Å². The zero-order valence-corrected chi connectivity index (χ0v) is 13.0. The third kappa shape index (κ3) is 5.23. The third-order valence-corrected chi connectivity index (χ3v) is 4.06. The fourth-order valence-corrected chi connectivity index (χ4v) is 2.87. The van der Waals surface area contributed by atoms with E-state index in [0.29, 0.717) is 12.0 Å². The molecule has 1 aromatic heterocycles. The molecule has 1 fully saturated rings. The predicted octanol–water partition coefficient (Wildman–Crippen LogP) is 3.83. The highest BCUT2D eigenvalue weighted by molar-refractivity contribution is 4.92. The molecule has 0 aromatic carbocycles. The van der Waals surface area contributed by atoms with Crippen molar-refractivity contribution < 1.29 is 4.42 Å². The molecule has 1 aromatic rings. The topological polar surface area (TPSA) is 51.0 Å². The number of nitrogens with zero attached hydrogens (tertiary/aromatic N) is 2. The van der Waals surface area contributed by atoms with Gasteiger partial charge >= 0.3 is 0 Å². The quantitative estimate of drug-likeness (QED) is 0.804. The summed E-state index contributed by atoms with van der Waals surface area (Å²) in [6.45, 7) is 5.34. The highest BCUT2D eigenvalue weighted by Gasteiger charge is 2.19. The van der Waals surface area contributed by atoms with Gasteiger partial charge in [-0.25, -0.2) is 0 Å². The lowest BCUT2D eigenvalue weighted by Gasteiger charge is -2.15. The van der Waals surface area contributed by atoms with Crippen LogP contribution in [0.1, 0.15) is 82.9 Å². The lowest BCUT2D eigenvalue weighted by molar-refractivity contribution is 0.361.